The summed E-state index contributed by atoms with van der Waals surface area (Å²) in [7, 11) is 0. The first-order valence-corrected chi connectivity index (χ1v) is 8.32. The lowest BCUT2D eigenvalue weighted by Gasteiger charge is -2.38. The number of likely N-dealkylation sites (tertiary alicyclic amines) is 1. The van der Waals surface area contributed by atoms with Crippen molar-refractivity contribution in [3.63, 3.8) is 0 Å². The molecule has 0 radical (unpaired) electrons. The van der Waals surface area contributed by atoms with Crippen LogP contribution in [0, 0.1) is 5.92 Å². The molecule has 0 spiro atoms. The van der Waals surface area contributed by atoms with Crippen LogP contribution in [0.15, 0.2) is 0 Å². The molecule has 0 aromatic carbocycles. The predicted molar refractivity (Wildman–Crippen MR) is 76.8 cm³/mol. The molecule has 3 aliphatic rings. The molecule has 1 aliphatic carbocycles. The van der Waals surface area contributed by atoms with Crippen molar-refractivity contribution < 1.29 is 0 Å². The highest BCUT2D eigenvalue weighted by Crippen LogP contribution is 2.37. The van der Waals surface area contributed by atoms with Gasteiger partial charge in [-0.3, -0.25) is 4.90 Å². The van der Waals surface area contributed by atoms with E-state index >= 15 is 0 Å². The predicted octanol–water partition coefficient (Wildman–Crippen LogP) is 3.17. The summed E-state index contributed by atoms with van der Waals surface area (Å²) >= 11 is 0. The second kappa shape index (κ2) is 5.50. The van der Waals surface area contributed by atoms with Gasteiger partial charge in [0.25, 0.3) is 0 Å². The van der Waals surface area contributed by atoms with Gasteiger partial charge in [0.05, 0.1) is 0 Å². The van der Waals surface area contributed by atoms with Crippen molar-refractivity contribution in [2.45, 2.75) is 76.3 Å². The zero-order valence-corrected chi connectivity index (χ0v) is 12.1. The molecular weight excluding hydrogens is 220 g/mol. The van der Waals surface area contributed by atoms with Gasteiger partial charge in [-0.05, 0) is 64.0 Å². The molecule has 0 aromatic rings. The molecule has 0 bridgehead atoms. The fraction of sp³-hybridized carbons (Fsp3) is 1.00. The van der Waals surface area contributed by atoms with E-state index in [0.717, 1.165) is 12.0 Å². The van der Waals surface area contributed by atoms with E-state index < -0.39 is 0 Å². The fourth-order valence-electron chi connectivity index (χ4n) is 4.73. The molecule has 18 heavy (non-hydrogen) atoms. The minimum Gasteiger partial charge on any atom is -0.310 e. The van der Waals surface area contributed by atoms with Crippen molar-refractivity contribution in [2.75, 3.05) is 19.6 Å². The van der Waals surface area contributed by atoms with Gasteiger partial charge in [-0.2, -0.15) is 0 Å². The first kappa shape index (κ1) is 12.9. The highest BCUT2D eigenvalue weighted by Gasteiger charge is 2.39. The Kier molecular flexibility index (Phi) is 3.95. The molecule has 2 unspecified atom stereocenters. The SMILES string of the molecule is CCC1(CN2CCCC2C2CCCC2)CCCN1. The van der Waals surface area contributed by atoms with Crippen molar-refractivity contribution in [1.82, 2.24) is 10.2 Å². The maximum absolute atomic E-state index is 3.82. The molecule has 0 aromatic heterocycles. The van der Waals surface area contributed by atoms with Gasteiger partial charge in [-0.25, -0.2) is 0 Å². The monoisotopic (exact) mass is 250 g/mol. The summed E-state index contributed by atoms with van der Waals surface area (Å²) in [4.78, 5) is 2.86. The van der Waals surface area contributed by atoms with Gasteiger partial charge in [0.2, 0.25) is 0 Å². The number of nitrogens with one attached hydrogen (secondary N) is 1. The molecule has 2 aliphatic heterocycles. The maximum atomic E-state index is 3.82. The Bertz CT molecular complexity index is 264. The Labute approximate surface area is 113 Å². The molecule has 3 fully saturated rings. The number of hydrogen-bond donors (Lipinski definition) is 1. The van der Waals surface area contributed by atoms with E-state index in [9.17, 15) is 0 Å². The third-order valence-corrected chi connectivity index (χ3v) is 5.87. The lowest BCUT2D eigenvalue weighted by Crippen LogP contribution is -2.51. The average Bonchev–Trinajstić information content (AvgIpc) is 3.10. The molecule has 0 amide bonds. The van der Waals surface area contributed by atoms with E-state index in [1.54, 1.807) is 0 Å². The first-order valence-electron chi connectivity index (χ1n) is 8.32. The van der Waals surface area contributed by atoms with Gasteiger partial charge < -0.3 is 5.32 Å². The lowest BCUT2D eigenvalue weighted by molar-refractivity contribution is 0.139. The standard InChI is InChI=1S/C16H30N2/c1-2-16(10-6-11-17-16)13-18-12-5-9-15(18)14-7-3-4-8-14/h14-15,17H,2-13H2,1H3. The molecule has 2 saturated heterocycles. The van der Waals surface area contributed by atoms with Crippen LogP contribution in [0.25, 0.3) is 0 Å². The Morgan fingerprint density at radius 2 is 1.94 bits per heavy atom. The molecule has 2 nitrogen and oxygen atoms in total. The van der Waals surface area contributed by atoms with Gasteiger partial charge in [-0.15, -0.1) is 0 Å². The van der Waals surface area contributed by atoms with Crippen LogP contribution in [0.2, 0.25) is 0 Å². The zero-order valence-electron chi connectivity index (χ0n) is 12.1. The third kappa shape index (κ3) is 2.46. The molecule has 2 heterocycles. The van der Waals surface area contributed by atoms with Crippen molar-refractivity contribution in [1.29, 1.82) is 0 Å². The van der Waals surface area contributed by atoms with Crippen LogP contribution in [0.1, 0.15) is 64.7 Å². The lowest BCUT2D eigenvalue weighted by atomic mass is 9.91. The average molecular weight is 250 g/mol. The van der Waals surface area contributed by atoms with Crippen molar-refractivity contribution >= 4 is 0 Å². The molecule has 2 heteroatoms. The Hall–Kier alpha value is -0.0800. The zero-order chi connectivity index (χ0) is 12.4. The van der Waals surface area contributed by atoms with Gasteiger partial charge in [0.15, 0.2) is 0 Å². The third-order valence-electron chi connectivity index (χ3n) is 5.87. The van der Waals surface area contributed by atoms with E-state index in [0.29, 0.717) is 5.54 Å². The Morgan fingerprint density at radius 1 is 1.11 bits per heavy atom. The molecular formula is C16H30N2. The topological polar surface area (TPSA) is 15.3 Å². The van der Waals surface area contributed by atoms with E-state index in [2.05, 4.69) is 17.1 Å². The highest BCUT2D eigenvalue weighted by atomic mass is 15.2. The quantitative estimate of drug-likeness (QED) is 0.824. The second-order valence-electron chi connectivity index (χ2n) is 6.89. The van der Waals surface area contributed by atoms with Crippen molar-refractivity contribution in [3.8, 4) is 0 Å². The Balaban J connectivity index is 1.63. The fourth-order valence-corrected chi connectivity index (χ4v) is 4.73. The molecule has 104 valence electrons. The smallest absolute Gasteiger partial charge is 0.0306 e. The van der Waals surface area contributed by atoms with Gasteiger partial charge in [0.1, 0.15) is 0 Å². The first-order chi connectivity index (χ1) is 8.83. The highest BCUT2D eigenvalue weighted by molar-refractivity contribution is 4.98. The largest absolute Gasteiger partial charge is 0.310 e. The second-order valence-corrected chi connectivity index (χ2v) is 6.89. The van der Waals surface area contributed by atoms with E-state index in [1.807, 2.05) is 0 Å². The van der Waals surface area contributed by atoms with Crippen LogP contribution in [-0.2, 0) is 0 Å². The summed E-state index contributed by atoms with van der Waals surface area (Å²) in [5.41, 5.74) is 0.460. The molecule has 3 rings (SSSR count). The number of nitrogens with zero attached hydrogens (tertiary/aromatic N) is 1. The minimum atomic E-state index is 0.460. The van der Waals surface area contributed by atoms with Gasteiger partial charge in [0, 0.05) is 18.1 Å². The number of hydrogen-bond acceptors (Lipinski definition) is 2. The maximum Gasteiger partial charge on any atom is 0.0306 e. The number of rotatable bonds is 4. The summed E-state index contributed by atoms with van der Waals surface area (Å²) < 4.78 is 0. The van der Waals surface area contributed by atoms with Crippen LogP contribution in [0.3, 0.4) is 0 Å². The van der Waals surface area contributed by atoms with E-state index in [1.165, 1.54) is 77.4 Å². The Morgan fingerprint density at radius 3 is 2.61 bits per heavy atom. The summed E-state index contributed by atoms with van der Waals surface area (Å²) in [6, 6.07) is 0.929. The summed E-state index contributed by atoms with van der Waals surface area (Å²) in [5, 5.41) is 3.82. The van der Waals surface area contributed by atoms with Crippen molar-refractivity contribution in [2.24, 2.45) is 5.92 Å². The summed E-state index contributed by atoms with van der Waals surface area (Å²) in [6.07, 6.45) is 13.0. The van der Waals surface area contributed by atoms with Crippen LogP contribution >= 0.6 is 0 Å². The van der Waals surface area contributed by atoms with Crippen LogP contribution in [0.5, 0.6) is 0 Å². The van der Waals surface area contributed by atoms with Crippen LogP contribution < -0.4 is 5.32 Å². The van der Waals surface area contributed by atoms with Crippen LogP contribution in [0.4, 0.5) is 0 Å². The minimum absolute atomic E-state index is 0.460. The van der Waals surface area contributed by atoms with Gasteiger partial charge >= 0.3 is 0 Å². The van der Waals surface area contributed by atoms with Gasteiger partial charge in [-0.1, -0.05) is 19.8 Å². The van der Waals surface area contributed by atoms with Crippen LogP contribution in [-0.4, -0.2) is 36.1 Å². The summed E-state index contributed by atoms with van der Waals surface area (Å²) in [5.74, 6) is 1.03. The van der Waals surface area contributed by atoms with E-state index in [4.69, 9.17) is 0 Å². The van der Waals surface area contributed by atoms with E-state index in [-0.39, 0.29) is 0 Å². The van der Waals surface area contributed by atoms with Crippen molar-refractivity contribution in [3.05, 3.63) is 0 Å². The summed E-state index contributed by atoms with van der Waals surface area (Å²) in [6.45, 7) is 6.31. The molecule has 1 N–H and O–H groups in total. The normalized spacial score (nSPS) is 38.8. The molecule has 2 atom stereocenters. The molecule has 1 saturated carbocycles.